The molecule has 0 spiro atoms. The van der Waals surface area contributed by atoms with Crippen molar-refractivity contribution in [3.8, 4) is 11.3 Å². The van der Waals surface area contributed by atoms with Gasteiger partial charge in [-0.1, -0.05) is 5.16 Å². The van der Waals surface area contributed by atoms with Gasteiger partial charge in [-0.2, -0.15) is 0 Å². The Labute approximate surface area is 92.5 Å². The van der Waals surface area contributed by atoms with Crippen molar-refractivity contribution in [1.29, 1.82) is 0 Å². The largest absolute Gasteiger partial charge is 0.356 e. The normalized spacial score (nSPS) is 14.3. The van der Waals surface area contributed by atoms with Crippen LogP contribution in [0.1, 0.15) is 5.56 Å². The third-order valence-electron chi connectivity index (χ3n) is 2.88. The van der Waals surface area contributed by atoms with Crippen LogP contribution in [0.3, 0.4) is 0 Å². The van der Waals surface area contributed by atoms with E-state index in [4.69, 9.17) is 4.52 Å². The molecule has 0 atom stereocenters. The highest BCUT2D eigenvalue weighted by Crippen LogP contribution is 2.31. The van der Waals surface area contributed by atoms with Gasteiger partial charge in [0.15, 0.2) is 5.76 Å². The number of carbonyl (C=O) groups excluding carboxylic acids is 1. The summed E-state index contributed by atoms with van der Waals surface area (Å²) in [5, 5.41) is 3.67. The highest BCUT2D eigenvalue weighted by Gasteiger charge is 2.24. The van der Waals surface area contributed by atoms with E-state index in [-0.39, 0.29) is 5.91 Å². The second-order valence-corrected chi connectivity index (χ2v) is 3.85. The Bertz CT molecular complexity index is 546. The molecule has 4 heteroatoms. The van der Waals surface area contributed by atoms with Crippen LogP contribution in [0.25, 0.3) is 11.3 Å². The first kappa shape index (κ1) is 9.15. The first-order valence-corrected chi connectivity index (χ1v) is 5.06. The fourth-order valence-electron chi connectivity index (χ4n) is 1.99. The molecule has 4 nitrogen and oxygen atoms in total. The van der Waals surface area contributed by atoms with Crippen molar-refractivity contribution < 1.29 is 9.32 Å². The highest BCUT2D eigenvalue weighted by atomic mass is 16.5. The number of hydrogen-bond donors (Lipinski definition) is 0. The summed E-state index contributed by atoms with van der Waals surface area (Å²) in [6, 6.07) is 7.67. The maximum Gasteiger partial charge on any atom is 0.231 e. The van der Waals surface area contributed by atoms with Crippen LogP contribution in [0.5, 0.6) is 0 Å². The first-order chi connectivity index (χ1) is 7.75. The fraction of sp³-hybridized carbons (Fsp3) is 0.167. The summed E-state index contributed by atoms with van der Waals surface area (Å²) in [4.78, 5) is 13.2. The lowest BCUT2D eigenvalue weighted by molar-refractivity contribution is -0.117. The van der Waals surface area contributed by atoms with E-state index in [1.807, 2.05) is 24.3 Å². The van der Waals surface area contributed by atoms with E-state index in [1.54, 1.807) is 18.1 Å². The van der Waals surface area contributed by atoms with Gasteiger partial charge in [0.2, 0.25) is 5.91 Å². The van der Waals surface area contributed by atoms with Crippen molar-refractivity contribution in [2.75, 3.05) is 11.9 Å². The van der Waals surface area contributed by atoms with Crippen molar-refractivity contribution in [2.24, 2.45) is 0 Å². The van der Waals surface area contributed by atoms with Crippen molar-refractivity contribution in [1.82, 2.24) is 5.16 Å². The van der Waals surface area contributed by atoms with Gasteiger partial charge < -0.3 is 9.42 Å². The van der Waals surface area contributed by atoms with Gasteiger partial charge in [0.25, 0.3) is 0 Å². The van der Waals surface area contributed by atoms with Crippen LogP contribution >= 0.6 is 0 Å². The lowest BCUT2D eigenvalue weighted by Crippen LogP contribution is -2.20. The molecule has 0 bridgehead atoms. The third-order valence-corrected chi connectivity index (χ3v) is 2.88. The van der Waals surface area contributed by atoms with Crippen LogP contribution in [0, 0.1) is 0 Å². The Balaban J connectivity index is 2.08. The minimum absolute atomic E-state index is 0.129. The number of rotatable bonds is 1. The maximum absolute atomic E-state index is 11.5. The van der Waals surface area contributed by atoms with Crippen LogP contribution in [0.4, 0.5) is 5.69 Å². The van der Waals surface area contributed by atoms with Gasteiger partial charge in [-0.25, -0.2) is 0 Å². The maximum atomic E-state index is 11.5. The summed E-state index contributed by atoms with van der Waals surface area (Å²) >= 11 is 0. The van der Waals surface area contributed by atoms with Gasteiger partial charge in [-0.3, -0.25) is 4.79 Å². The Morgan fingerprint density at radius 2 is 2.25 bits per heavy atom. The van der Waals surface area contributed by atoms with Crippen molar-refractivity contribution in [3.63, 3.8) is 0 Å². The monoisotopic (exact) mass is 214 g/mol. The molecule has 1 aromatic heterocycles. The van der Waals surface area contributed by atoms with Crippen LogP contribution in [0.2, 0.25) is 0 Å². The molecule has 2 aromatic rings. The van der Waals surface area contributed by atoms with Crippen LogP contribution in [-0.4, -0.2) is 18.1 Å². The molecule has 3 rings (SSSR count). The molecule has 0 saturated heterocycles. The average Bonchev–Trinajstić information content (AvgIpc) is 2.88. The van der Waals surface area contributed by atoms with Gasteiger partial charge in [0.05, 0.1) is 12.6 Å². The summed E-state index contributed by atoms with van der Waals surface area (Å²) in [5.41, 5.74) is 2.98. The van der Waals surface area contributed by atoms with E-state index < -0.39 is 0 Å². The Morgan fingerprint density at radius 3 is 3.00 bits per heavy atom. The Morgan fingerprint density at radius 1 is 1.38 bits per heavy atom. The topological polar surface area (TPSA) is 46.3 Å². The first-order valence-electron chi connectivity index (χ1n) is 5.06. The predicted octanol–water partition coefficient (Wildman–Crippen LogP) is 1.86. The molecule has 0 unspecified atom stereocenters. The fourth-order valence-corrected chi connectivity index (χ4v) is 1.99. The molecule has 0 saturated carbocycles. The molecular formula is C12H10N2O2. The molecule has 1 amide bonds. The van der Waals surface area contributed by atoms with Gasteiger partial charge >= 0.3 is 0 Å². The van der Waals surface area contributed by atoms with E-state index in [2.05, 4.69) is 5.16 Å². The molecule has 0 radical (unpaired) electrons. The van der Waals surface area contributed by atoms with E-state index in [0.29, 0.717) is 6.42 Å². The van der Waals surface area contributed by atoms with Gasteiger partial charge in [-0.15, -0.1) is 0 Å². The molecule has 16 heavy (non-hydrogen) atoms. The number of benzene rings is 1. The molecule has 0 fully saturated rings. The quantitative estimate of drug-likeness (QED) is 0.727. The molecule has 0 N–H and O–H groups in total. The standard InChI is InChI=1S/C12H10N2O2/c1-14-10-3-2-8(11-4-5-13-16-11)6-9(10)7-12(14)15/h2-6H,7H2,1H3. The second kappa shape index (κ2) is 3.20. The van der Waals surface area contributed by atoms with E-state index in [1.165, 1.54) is 0 Å². The SMILES string of the molecule is CN1C(=O)Cc2cc(-c3ccno3)ccc21. The smallest absolute Gasteiger partial charge is 0.231 e. The Hall–Kier alpha value is -2.10. The van der Waals surface area contributed by atoms with Crippen molar-refractivity contribution >= 4 is 11.6 Å². The predicted molar refractivity (Wildman–Crippen MR) is 59.1 cm³/mol. The summed E-state index contributed by atoms with van der Waals surface area (Å²) in [6.07, 6.45) is 2.08. The minimum Gasteiger partial charge on any atom is -0.356 e. The average molecular weight is 214 g/mol. The van der Waals surface area contributed by atoms with E-state index in [0.717, 1.165) is 22.6 Å². The van der Waals surface area contributed by atoms with Crippen LogP contribution in [0.15, 0.2) is 35.0 Å². The molecule has 1 aromatic carbocycles. The number of carbonyl (C=O) groups is 1. The number of nitrogens with zero attached hydrogens (tertiary/aromatic N) is 2. The second-order valence-electron chi connectivity index (χ2n) is 3.85. The Kier molecular flexibility index (Phi) is 1.83. The number of amides is 1. The number of anilines is 1. The van der Waals surface area contributed by atoms with Gasteiger partial charge in [0.1, 0.15) is 0 Å². The lowest BCUT2D eigenvalue weighted by atomic mass is 10.1. The summed E-state index contributed by atoms with van der Waals surface area (Å²) in [5.74, 6) is 0.856. The van der Waals surface area contributed by atoms with Gasteiger partial charge in [0, 0.05) is 24.4 Å². The molecule has 0 aliphatic carbocycles. The molecule has 1 aliphatic heterocycles. The molecule has 1 aliphatic rings. The summed E-state index contributed by atoms with van der Waals surface area (Å²) in [6.45, 7) is 0. The number of aromatic nitrogens is 1. The van der Waals surface area contributed by atoms with Crippen molar-refractivity contribution in [3.05, 3.63) is 36.0 Å². The molecular weight excluding hydrogens is 204 g/mol. The van der Waals surface area contributed by atoms with E-state index >= 15 is 0 Å². The number of likely N-dealkylation sites (N-methyl/N-ethyl adjacent to an activating group) is 1. The van der Waals surface area contributed by atoms with E-state index in [9.17, 15) is 4.79 Å². The summed E-state index contributed by atoms with van der Waals surface area (Å²) < 4.78 is 5.08. The lowest BCUT2D eigenvalue weighted by Gasteiger charge is -2.09. The third kappa shape index (κ3) is 1.23. The van der Waals surface area contributed by atoms with Crippen molar-refractivity contribution in [2.45, 2.75) is 6.42 Å². The number of hydrogen-bond acceptors (Lipinski definition) is 3. The summed E-state index contributed by atoms with van der Waals surface area (Å²) in [7, 11) is 1.79. The zero-order valence-electron chi connectivity index (χ0n) is 8.80. The van der Waals surface area contributed by atoms with Crippen LogP contribution in [-0.2, 0) is 11.2 Å². The zero-order chi connectivity index (χ0) is 11.1. The molecule has 80 valence electrons. The minimum atomic E-state index is 0.129. The van der Waals surface area contributed by atoms with Gasteiger partial charge in [-0.05, 0) is 23.8 Å². The number of fused-ring (bicyclic) bond motifs is 1. The highest BCUT2D eigenvalue weighted by molar-refractivity contribution is 6.01. The molecule has 2 heterocycles. The zero-order valence-corrected chi connectivity index (χ0v) is 8.80. The van der Waals surface area contributed by atoms with Crippen LogP contribution < -0.4 is 4.90 Å².